The lowest BCUT2D eigenvalue weighted by Gasteiger charge is -2.17. The van der Waals surface area contributed by atoms with Crippen LogP contribution in [0.2, 0.25) is 0 Å². The highest BCUT2D eigenvalue weighted by atomic mass is 19.4. The van der Waals surface area contributed by atoms with Crippen LogP contribution in [0.15, 0.2) is 0 Å². The Labute approximate surface area is 73.8 Å². The van der Waals surface area contributed by atoms with E-state index in [4.69, 9.17) is 0 Å². The highest BCUT2D eigenvalue weighted by Gasteiger charge is 2.62. The Morgan fingerprint density at radius 2 is 1.57 bits per heavy atom. The molecule has 1 atom stereocenters. The molecule has 1 aliphatic rings. The molecule has 0 saturated heterocycles. The van der Waals surface area contributed by atoms with Gasteiger partial charge in [0.05, 0.1) is 0 Å². The molecule has 84 valence electrons. The zero-order chi connectivity index (χ0) is 11.2. The molecule has 0 aromatic rings. The van der Waals surface area contributed by atoms with Crippen molar-refractivity contribution in [2.75, 3.05) is 0 Å². The quantitative estimate of drug-likeness (QED) is 0.672. The van der Waals surface area contributed by atoms with Gasteiger partial charge in [-0.2, -0.15) is 22.0 Å². The second kappa shape index (κ2) is 2.98. The van der Waals surface area contributed by atoms with E-state index in [2.05, 4.69) is 4.74 Å². The Hall–Kier alpha value is -0.530. The van der Waals surface area contributed by atoms with Crippen LogP contribution in [0.4, 0.5) is 30.7 Å². The van der Waals surface area contributed by atoms with Gasteiger partial charge in [0.15, 0.2) is 0 Å². The number of hydrogen-bond donors (Lipinski definition) is 0. The average molecular weight is 226 g/mol. The van der Waals surface area contributed by atoms with Crippen LogP contribution in [-0.4, -0.2) is 24.3 Å². The summed E-state index contributed by atoms with van der Waals surface area (Å²) in [6.07, 6.45) is -15.3. The van der Waals surface area contributed by atoms with Gasteiger partial charge in [0, 0.05) is 6.42 Å². The van der Waals surface area contributed by atoms with Crippen molar-refractivity contribution >= 4 is 0 Å². The van der Waals surface area contributed by atoms with E-state index in [9.17, 15) is 30.7 Å². The number of halogens is 7. The van der Waals surface area contributed by atoms with Crippen LogP contribution in [0.1, 0.15) is 12.8 Å². The van der Waals surface area contributed by atoms with Gasteiger partial charge >= 0.3 is 12.3 Å². The Morgan fingerprint density at radius 3 is 1.86 bits per heavy atom. The van der Waals surface area contributed by atoms with E-state index in [1.807, 2.05) is 0 Å². The maximum Gasteiger partial charge on any atom is 0.397 e. The molecule has 0 amide bonds. The molecule has 0 aromatic carbocycles. The van der Waals surface area contributed by atoms with Gasteiger partial charge in [-0.15, -0.1) is 0 Å². The van der Waals surface area contributed by atoms with Gasteiger partial charge in [0.2, 0.25) is 0 Å². The first kappa shape index (κ1) is 11.5. The second-order valence-corrected chi connectivity index (χ2v) is 3.00. The third-order valence-corrected chi connectivity index (χ3v) is 1.49. The lowest BCUT2D eigenvalue weighted by molar-refractivity contribution is -0.303. The summed E-state index contributed by atoms with van der Waals surface area (Å²) in [5.41, 5.74) is 0. The molecule has 14 heavy (non-hydrogen) atoms. The summed E-state index contributed by atoms with van der Waals surface area (Å²) < 4.78 is 86.3. The van der Waals surface area contributed by atoms with Crippen LogP contribution in [0.25, 0.3) is 0 Å². The van der Waals surface area contributed by atoms with E-state index >= 15 is 0 Å². The molecule has 0 radical (unpaired) electrons. The summed E-state index contributed by atoms with van der Waals surface area (Å²) in [7, 11) is 0. The number of ether oxygens (including phenoxy) is 1. The molecule has 0 aromatic heterocycles. The van der Waals surface area contributed by atoms with Crippen LogP contribution in [0, 0.1) is 0 Å². The summed E-state index contributed by atoms with van der Waals surface area (Å²) >= 11 is 0. The molecule has 1 rings (SSSR count). The predicted molar refractivity (Wildman–Crippen MR) is 30.1 cm³/mol. The fourth-order valence-electron chi connectivity index (χ4n) is 0.799. The Morgan fingerprint density at radius 1 is 1.14 bits per heavy atom. The van der Waals surface area contributed by atoms with Crippen molar-refractivity contribution in [2.24, 2.45) is 0 Å². The van der Waals surface area contributed by atoms with E-state index in [1.165, 1.54) is 0 Å². The molecule has 1 fully saturated rings. The molecule has 0 aliphatic heterocycles. The predicted octanol–water partition coefficient (Wildman–Crippen LogP) is 2.96. The molecule has 0 heterocycles. The summed E-state index contributed by atoms with van der Waals surface area (Å²) in [5, 5.41) is 0. The molecular formula is C6H5F7O. The zero-order valence-corrected chi connectivity index (χ0v) is 6.55. The van der Waals surface area contributed by atoms with Crippen LogP contribution < -0.4 is 0 Å². The third-order valence-electron chi connectivity index (χ3n) is 1.49. The summed E-state index contributed by atoms with van der Waals surface area (Å²) in [4.78, 5) is 0. The minimum absolute atomic E-state index is 0.958. The molecule has 0 N–H and O–H groups in total. The van der Waals surface area contributed by atoms with E-state index in [1.54, 1.807) is 0 Å². The molecule has 1 nitrogen and oxygen atoms in total. The molecule has 1 aliphatic carbocycles. The van der Waals surface area contributed by atoms with Gasteiger partial charge in [0.1, 0.15) is 12.5 Å². The largest absolute Gasteiger partial charge is 0.397 e. The highest BCUT2D eigenvalue weighted by molar-refractivity contribution is 4.97. The molecule has 1 saturated carbocycles. The van der Waals surface area contributed by atoms with Crippen LogP contribution in [0.3, 0.4) is 0 Å². The van der Waals surface area contributed by atoms with Crippen molar-refractivity contribution < 1.29 is 35.5 Å². The maximum absolute atomic E-state index is 12.3. The smallest absolute Gasteiger partial charge is 0.310 e. The standard InChI is InChI=1S/C6H5F7O/c7-4(8)1-3(4)14-6(12,13)2-5(9,10)11/h3H,1-2H2. The van der Waals surface area contributed by atoms with Gasteiger partial charge < -0.3 is 4.74 Å². The SMILES string of the molecule is FC(F)(F)CC(F)(F)OC1CC1(F)F. The average Bonchev–Trinajstić information content (AvgIpc) is 2.28. The summed E-state index contributed by atoms with van der Waals surface area (Å²) in [6.45, 7) is 0. The lowest BCUT2D eigenvalue weighted by Crippen LogP contribution is -2.30. The van der Waals surface area contributed by atoms with Crippen LogP contribution >= 0.6 is 0 Å². The molecule has 8 heteroatoms. The molecule has 1 unspecified atom stereocenters. The topological polar surface area (TPSA) is 9.23 Å². The minimum Gasteiger partial charge on any atom is -0.310 e. The van der Waals surface area contributed by atoms with Gasteiger partial charge in [-0.25, -0.2) is 8.78 Å². The Balaban J connectivity index is 2.43. The molecule has 0 spiro atoms. The summed E-state index contributed by atoms with van der Waals surface area (Å²) in [5.74, 6) is -3.42. The Bertz CT molecular complexity index is 221. The first-order chi connectivity index (χ1) is 6.02. The normalized spacial score (nSPS) is 26.4. The number of alkyl halides is 7. The van der Waals surface area contributed by atoms with Crippen LogP contribution in [-0.2, 0) is 4.74 Å². The van der Waals surface area contributed by atoms with E-state index < -0.39 is 37.2 Å². The van der Waals surface area contributed by atoms with Crippen molar-refractivity contribution in [2.45, 2.75) is 37.2 Å². The van der Waals surface area contributed by atoms with Gasteiger partial charge in [0.25, 0.3) is 5.92 Å². The van der Waals surface area contributed by atoms with Crippen LogP contribution in [0.5, 0.6) is 0 Å². The van der Waals surface area contributed by atoms with Crippen molar-refractivity contribution in [3.63, 3.8) is 0 Å². The van der Waals surface area contributed by atoms with E-state index in [0.717, 1.165) is 0 Å². The maximum atomic E-state index is 12.3. The van der Waals surface area contributed by atoms with Crippen molar-refractivity contribution in [3.8, 4) is 0 Å². The first-order valence-corrected chi connectivity index (χ1v) is 3.52. The fraction of sp³-hybridized carbons (Fsp3) is 1.00. The van der Waals surface area contributed by atoms with Crippen molar-refractivity contribution in [1.29, 1.82) is 0 Å². The minimum atomic E-state index is -5.15. The zero-order valence-electron chi connectivity index (χ0n) is 6.55. The number of rotatable bonds is 3. The molecule has 0 bridgehead atoms. The van der Waals surface area contributed by atoms with Crippen molar-refractivity contribution in [3.05, 3.63) is 0 Å². The van der Waals surface area contributed by atoms with Gasteiger partial charge in [-0.05, 0) is 0 Å². The third kappa shape index (κ3) is 3.32. The molecular weight excluding hydrogens is 221 g/mol. The second-order valence-electron chi connectivity index (χ2n) is 3.00. The summed E-state index contributed by atoms with van der Waals surface area (Å²) in [6, 6.07) is 0. The van der Waals surface area contributed by atoms with E-state index in [-0.39, 0.29) is 0 Å². The first-order valence-electron chi connectivity index (χ1n) is 3.52. The number of hydrogen-bond acceptors (Lipinski definition) is 1. The van der Waals surface area contributed by atoms with Crippen molar-refractivity contribution in [1.82, 2.24) is 0 Å². The van der Waals surface area contributed by atoms with Gasteiger partial charge in [-0.3, -0.25) is 0 Å². The van der Waals surface area contributed by atoms with E-state index in [0.29, 0.717) is 0 Å². The fourth-order valence-corrected chi connectivity index (χ4v) is 0.799. The monoisotopic (exact) mass is 226 g/mol. The lowest BCUT2D eigenvalue weighted by atomic mass is 10.4. The highest BCUT2D eigenvalue weighted by Crippen LogP contribution is 2.48. The Kier molecular flexibility index (Phi) is 2.46. The van der Waals surface area contributed by atoms with Gasteiger partial charge in [-0.1, -0.05) is 0 Å².